The molecule has 0 heterocycles. The molecule has 0 aliphatic heterocycles. The second kappa shape index (κ2) is 6.45. The SMILES string of the molecule is COC(OC)C(C)Nc1ccc(Cl)cc1Br. The van der Waals surface area contributed by atoms with E-state index < -0.39 is 0 Å². The predicted octanol–water partition coefficient (Wildman–Crippen LogP) is 3.52. The third-order valence-corrected chi connectivity index (χ3v) is 3.08. The first-order valence-electron chi connectivity index (χ1n) is 4.85. The van der Waals surface area contributed by atoms with Gasteiger partial charge in [0.15, 0.2) is 6.29 Å². The van der Waals surface area contributed by atoms with E-state index in [1.807, 2.05) is 25.1 Å². The molecule has 1 atom stereocenters. The van der Waals surface area contributed by atoms with Crippen LogP contribution in [0.4, 0.5) is 5.69 Å². The second-order valence-electron chi connectivity index (χ2n) is 3.40. The molecule has 0 spiro atoms. The number of halogens is 2. The van der Waals surface area contributed by atoms with Crippen LogP contribution >= 0.6 is 27.5 Å². The van der Waals surface area contributed by atoms with Crippen LogP contribution in [0, 0.1) is 0 Å². The Labute approximate surface area is 109 Å². The number of rotatable bonds is 5. The van der Waals surface area contributed by atoms with Gasteiger partial charge in [0.2, 0.25) is 0 Å². The average Bonchev–Trinajstić information content (AvgIpc) is 2.24. The van der Waals surface area contributed by atoms with E-state index in [2.05, 4.69) is 21.2 Å². The van der Waals surface area contributed by atoms with Crippen LogP contribution < -0.4 is 5.32 Å². The molecule has 0 fully saturated rings. The molecule has 0 aliphatic carbocycles. The van der Waals surface area contributed by atoms with Crippen molar-refractivity contribution in [2.45, 2.75) is 19.3 Å². The van der Waals surface area contributed by atoms with Crippen molar-refractivity contribution in [2.24, 2.45) is 0 Å². The van der Waals surface area contributed by atoms with E-state index >= 15 is 0 Å². The van der Waals surface area contributed by atoms with E-state index in [0.29, 0.717) is 5.02 Å². The van der Waals surface area contributed by atoms with Crippen LogP contribution in [0.15, 0.2) is 22.7 Å². The fourth-order valence-corrected chi connectivity index (χ4v) is 2.22. The van der Waals surface area contributed by atoms with Crippen molar-refractivity contribution in [3.05, 3.63) is 27.7 Å². The molecule has 0 radical (unpaired) electrons. The standard InChI is InChI=1S/C11H15BrClNO2/c1-7(11(15-2)16-3)14-10-5-4-8(13)6-9(10)12/h4-7,11,14H,1-3H3. The topological polar surface area (TPSA) is 30.5 Å². The van der Waals surface area contributed by atoms with Gasteiger partial charge < -0.3 is 14.8 Å². The van der Waals surface area contributed by atoms with Gasteiger partial charge in [-0.2, -0.15) is 0 Å². The highest BCUT2D eigenvalue weighted by atomic mass is 79.9. The van der Waals surface area contributed by atoms with Gasteiger partial charge in [0.05, 0.1) is 6.04 Å². The fraction of sp³-hybridized carbons (Fsp3) is 0.455. The molecule has 16 heavy (non-hydrogen) atoms. The Morgan fingerprint density at radius 2 is 1.94 bits per heavy atom. The number of ether oxygens (including phenoxy) is 2. The van der Waals surface area contributed by atoms with Gasteiger partial charge in [-0.15, -0.1) is 0 Å². The molecular formula is C11H15BrClNO2. The first-order valence-corrected chi connectivity index (χ1v) is 6.02. The highest BCUT2D eigenvalue weighted by molar-refractivity contribution is 9.10. The Morgan fingerprint density at radius 1 is 1.31 bits per heavy atom. The largest absolute Gasteiger partial charge is 0.377 e. The Balaban J connectivity index is 2.72. The zero-order valence-corrected chi connectivity index (χ0v) is 11.8. The first-order chi connectivity index (χ1) is 7.58. The summed E-state index contributed by atoms with van der Waals surface area (Å²) in [7, 11) is 3.23. The summed E-state index contributed by atoms with van der Waals surface area (Å²) in [6, 6.07) is 5.61. The Kier molecular flexibility index (Phi) is 5.55. The molecule has 0 aromatic heterocycles. The van der Waals surface area contributed by atoms with Crippen LogP contribution in [-0.4, -0.2) is 26.6 Å². The van der Waals surface area contributed by atoms with Gasteiger partial charge in [0.1, 0.15) is 0 Å². The van der Waals surface area contributed by atoms with Crippen LogP contribution in [0.5, 0.6) is 0 Å². The van der Waals surface area contributed by atoms with Gasteiger partial charge in [-0.3, -0.25) is 0 Å². The van der Waals surface area contributed by atoms with Crippen molar-refractivity contribution >= 4 is 33.2 Å². The lowest BCUT2D eigenvalue weighted by Gasteiger charge is -2.23. The van der Waals surface area contributed by atoms with Gasteiger partial charge in [-0.05, 0) is 41.1 Å². The molecule has 1 N–H and O–H groups in total. The maximum Gasteiger partial charge on any atom is 0.176 e. The third-order valence-electron chi connectivity index (χ3n) is 2.19. The van der Waals surface area contributed by atoms with E-state index in [4.69, 9.17) is 21.1 Å². The zero-order valence-electron chi connectivity index (χ0n) is 9.46. The minimum Gasteiger partial charge on any atom is -0.377 e. The van der Waals surface area contributed by atoms with E-state index in [1.165, 1.54) is 0 Å². The molecule has 0 bridgehead atoms. The van der Waals surface area contributed by atoms with Gasteiger partial charge >= 0.3 is 0 Å². The molecule has 1 unspecified atom stereocenters. The number of anilines is 1. The van der Waals surface area contributed by atoms with E-state index in [-0.39, 0.29) is 12.3 Å². The van der Waals surface area contributed by atoms with Crippen molar-refractivity contribution in [1.82, 2.24) is 0 Å². The van der Waals surface area contributed by atoms with E-state index in [1.54, 1.807) is 14.2 Å². The van der Waals surface area contributed by atoms with Gasteiger partial charge in [0.25, 0.3) is 0 Å². The van der Waals surface area contributed by atoms with Crippen molar-refractivity contribution in [3.8, 4) is 0 Å². The molecular weight excluding hydrogens is 293 g/mol. The summed E-state index contributed by atoms with van der Waals surface area (Å²) in [4.78, 5) is 0. The van der Waals surface area contributed by atoms with Crippen molar-refractivity contribution in [2.75, 3.05) is 19.5 Å². The van der Waals surface area contributed by atoms with Gasteiger partial charge in [0, 0.05) is 29.4 Å². The summed E-state index contributed by atoms with van der Waals surface area (Å²) in [5.41, 5.74) is 0.955. The highest BCUT2D eigenvalue weighted by Gasteiger charge is 2.16. The first kappa shape index (κ1) is 13.8. The number of nitrogens with one attached hydrogen (secondary N) is 1. The average molecular weight is 309 g/mol. The van der Waals surface area contributed by atoms with Crippen molar-refractivity contribution < 1.29 is 9.47 Å². The minimum absolute atomic E-state index is 0.0347. The van der Waals surface area contributed by atoms with Crippen LogP contribution in [0.1, 0.15) is 6.92 Å². The summed E-state index contributed by atoms with van der Waals surface area (Å²) in [6.45, 7) is 1.98. The summed E-state index contributed by atoms with van der Waals surface area (Å²) >= 11 is 9.30. The quantitative estimate of drug-likeness (QED) is 0.844. The molecule has 3 nitrogen and oxygen atoms in total. The smallest absolute Gasteiger partial charge is 0.176 e. The molecule has 5 heteroatoms. The zero-order chi connectivity index (χ0) is 12.1. The van der Waals surface area contributed by atoms with Crippen molar-refractivity contribution in [1.29, 1.82) is 0 Å². The summed E-state index contributed by atoms with van der Waals surface area (Å²) in [6.07, 6.45) is -0.289. The van der Waals surface area contributed by atoms with Crippen LogP contribution in [0.25, 0.3) is 0 Å². The van der Waals surface area contributed by atoms with Crippen LogP contribution in [-0.2, 0) is 9.47 Å². The number of hydrogen-bond donors (Lipinski definition) is 1. The molecule has 0 aliphatic rings. The molecule has 0 amide bonds. The van der Waals surface area contributed by atoms with E-state index in [0.717, 1.165) is 10.2 Å². The lowest BCUT2D eigenvalue weighted by atomic mass is 10.2. The number of hydrogen-bond acceptors (Lipinski definition) is 3. The van der Waals surface area contributed by atoms with Gasteiger partial charge in [-0.25, -0.2) is 0 Å². The van der Waals surface area contributed by atoms with Crippen LogP contribution in [0.2, 0.25) is 5.02 Å². The fourth-order valence-electron chi connectivity index (χ4n) is 1.42. The minimum atomic E-state index is -0.289. The van der Waals surface area contributed by atoms with Crippen molar-refractivity contribution in [3.63, 3.8) is 0 Å². The molecule has 0 saturated heterocycles. The molecule has 0 saturated carbocycles. The molecule has 1 rings (SSSR count). The van der Waals surface area contributed by atoms with Crippen LogP contribution in [0.3, 0.4) is 0 Å². The monoisotopic (exact) mass is 307 g/mol. The van der Waals surface area contributed by atoms with E-state index in [9.17, 15) is 0 Å². The highest BCUT2D eigenvalue weighted by Crippen LogP contribution is 2.26. The second-order valence-corrected chi connectivity index (χ2v) is 4.69. The number of benzene rings is 1. The Hall–Kier alpha value is -0.290. The molecule has 1 aromatic rings. The molecule has 1 aromatic carbocycles. The normalized spacial score (nSPS) is 12.9. The lowest BCUT2D eigenvalue weighted by Crippen LogP contribution is -2.33. The molecule has 90 valence electrons. The Morgan fingerprint density at radius 3 is 2.44 bits per heavy atom. The third kappa shape index (κ3) is 3.63. The summed E-state index contributed by atoms with van der Waals surface area (Å²) < 4.78 is 11.3. The summed E-state index contributed by atoms with van der Waals surface area (Å²) in [5.74, 6) is 0. The maximum atomic E-state index is 5.86. The van der Waals surface area contributed by atoms with Gasteiger partial charge in [-0.1, -0.05) is 11.6 Å². The number of methoxy groups -OCH3 is 2. The Bertz CT molecular complexity index is 345. The predicted molar refractivity (Wildman–Crippen MR) is 70.0 cm³/mol. The lowest BCUT2D eigenvalue weighted by molar-refractivity contribution is -0.109. The maximum absolute atomic E-state index is 5.86. The summed E-state index contributed by atoms with van der Waals surface area (Å²) in [5, 5.41) is 3.98.